The molecule has 0 bridgehead atoms. The van der Waals surface area contributed by atoms with Crippen LogP contribution >= 0.6 is 23.2 Å². The number of nitriles is 2. The van der Waals surface area contributed by atoms with Crippen molar-refractivity contribution in [3.8, 4) is 12.1 Å². The highest BCUT2D eigenvalue weighted by molar-refractivity contribution is 6.30. The number of benzene rings is 3. The number of ketones is 1. The van der Waals surface area contributed by atoms with Gasteiger partial charge in [-0.05, 0) is 47.0 Å². The van der Waals surface area contributed by atoms with E-state index in [0.717, 1.165) is 5.56 Å². The largest absolute Gasteiger partial charge is 0.489 e. The van der Waals surface area contributed by atoms with E-state index in [1.807, 2.05) is 0 Å². The molecule has 0 fully saturated rings. The first-order chi connectivity index (χ1) is 18.4. The number of hydrogen-bond donors (Lipinski definition) is 1. The zero-order valence-electron chi connectivity index (χ0n) is 19.9. The topological polar surface area (TPSA) is 103 Å². The smallest absolute Gasteiger partial charge is 0.242 e. The predicted molar refractivity (Wildman–Crippen MR) is 141 cm³/mol. The van der Waals surface area contributed by atoms with Gasteiger partial charge in [0.05, 0.1) is 24.1 Å². The Morgan fingerprint density at radius 1 is 0.842 bits per heavy atom. The molecule has 1 aliphatic carbocycles. The van der Waals surface area contributed by atoms with E-state index < -0.39 is 28.8 Å². The van der Waals surface area contributed by atoms with Gasteiger partial charge in [0, 0.05) is 28.1 Å². The number of allylic oxidation sites excluding steroid dienone is 1. The summed E-state index contributed by atoms with van der Waals surface area (Å²) >= 11 is 12.2. The number of halogens is 2. The third kappa shape index (κ3) is 3.18. The zero-order valence-corrected chi connectivity index (χ0v) is 21.4. The maximum absolute atomic E-state index is 14.1. The number of fused-ring (bicyclic) bond motifs is 3. The average Bonchev–Trinajstić information content (AvgIpc) is 3.22. The summed E-state index contributed by atoms with van der Waals surface area (Å²) in [7, 11) is 0. The molecular formula is C30H19Cl2N3O3. The first-order valence-electron chi connectivity index (χ1n) is 12.0. The van der Waals surface area contributed by atoms with E-state index in [-0.39, 0.29) is 24.2 Å². The second-order valence-corrected chi connectivity index (χ2v) is 10.5. The highest BCUT2D eigenvalue weighted by atomic mass is 35.5. The molecule has 1 amide bonds. The Morgan fingerprint density at radius 3 is 2.08 bits per heavy atom. The molecule has 38 heavy (non-hydrogen) atoms. The van der Waals surface area contributed by atoms with Gasteiger partial charge < -0.3 is 10.1 Å². The number of nitrogens with one attached hydrogen (secondary N) is 1. The Hall–Kier alpha value is -4.10. The van der Waals surface area contributed by atoms with Crippen LogP contribution < -0.4 is 5.32 Å². The van der Waals surface area contributed by atoms with Crippen molar-refractivity contribution in [2.75, 3.05) is 5.32 Å². The van der Waals surface area contributed by atoms with Crippen LogP contribution in [0.5, 0.6) is 0 Å². The van der Waals surface area contributed by atoms with Gasteiger partial charge in [-0.25, -0.2) is 0 Å². The molecule has 3 aliphatic rings. The van der Waals surface area contributed by atoms with E-state index in [2.05, 4.69) is 17.5 Å². The lowest BCUT2D eigenvalue weighted by molar-refractivity contribution is -0.129. The van der Waals surface area contributed by atoms with E-state index in [1.54, 1.807) is 72.8 Å². The summed E-state index contributed by atoms with van der Waals surface area (Å²) in [5, 5.41) is 25.4. The van der Waals surface area contributed by atoms with E-state index in [1.165, 1.54) is 0 Å². The van der Waals surface area contributed by atoms with Gasteiger partial charge in [0.25, 0.3) is 0 Å². The Morgan fingerprint density at radius 2 is 1.45 bits per heavy atom. The second-order valence-electron chi connectivity index (χ2n) is 9.67. The fourth-order valence-corrected chi connectivity index (χ4v) is 6.49. The van der Waals surface area contributed by atoms with Crippen LogP contribution in [0.15, 0.2) is 84.1 Å². The number of hydrogen-bond acceptors (Lipinski definition) is 5. The Kier molecular flexibility index (Phi) is 5.58. The monoisotopic (exact) mass is 539 g/mol. The number of rotatable bonds is 2. The van der Waals surface area contributed by atoms with Gasteiger partial charge >= 0.3 is 0 Å². The molecule has 3 aromatic rings. The summed E-state index contributed by atoms with van der Waals surface area (Å²) in [5.74, 6) is -1.39. The standard InChI is InChI=1S/C30H19Cl2N3O3/c31-19-9-5-17(6-10-19)22-13-26-27(24(36)14-25(38-26)18-7-11-20(32)12-8-18)30(29(22,15-33)16-34)21-3-1-2-4-23(21)35-28(30)37/h1-12,22,25H,13-14H2,(H,35,37)/t22-,25+,30?/m1/s1. The Balaban J connectivity index is 1.64. The molecule has 1 unspecified atom stereocenters. The van der Waals surface area contributed by atoms with Crippen LogP contribution in [0.4, 0.5) is 5.69 Å². The molecule has 3 aromatic carbocycles. The highest BCUT2D eigenvalue weighted by Crippen LogP contribution is 2.65. The normalized spacial score (nSPS) is 25.1. The maximum atomic E-state index is 14.1. The first kappa shape index (κ1) is 24.2. The number of anilines is 1. The molecule has 8 heteroatoms. The number of amides is 1. The SMILES string of the molecule is N#CC1(C#N)[C@@H](c2ccc(Cl)cc2)CC2=C(C(=O)C[C@@H](c3ccc(Cl)cc3)O2)C12C(=O)Nc1ccccc12. The van der Waals surface area contributed by atoms with Crippen LogP contribution in [0.2, 0.25) is 10.0 Å². The van der Waals surface area contributed by atoms with Crippen LogP contribution in [0.3, 0.4) is 0 Å². The summed E-state index contributed by atoms with van der Waals surface area (Å²) in [6.45, 7) is 0. The quantitative estimate of drug-likeness (QED) is 0.406. The van der Waals surface area contributed by atoms with Gasteiger partial charge in [0.1, 0.15) is 17.3 Å². The molecule has 0 aromatic heterocycles. The number of carbonyl (C=O) groups is 2. The van der Waals surface area contributed by atoms with Crippen molar-refractivity contribution < 1.29 is 14.3 Å². The van der Waals surface area contributed by atoms with Gasteiger partial charge in [-0.2, -0.15) is 10.5 Å². The average molecular weight is 540 g/mol. The lowest BCUT2D eigenvalue weighted by Gasteiger charge is -2.49. The van der Waals surface area contributed by atoms with Crippen molar-refractivity contribution in [1.82, 2.24) is 0 Å². The molecule has 1 spiro atoms. The summed E-state index contributed by atoms with van der Waals surface area (Å²) in [4.78, 5) is 28.1. The predicted octanol–water partition coefficient (Wildman–Crippen LogP) is 6.39. The molecular weight excluding hydrogens is 521 g/mol. The molecule has 1 N–H and O–H groups in total. The van der Waals surface area contributed by atoms with E-state index >= 15 is 0 Å². The lowest BCUT2D eigenvalue weighted by Crippen LogP contribution is -2.58. The summed E-state index contributed by atoms with van der Waals surface area (Å²) in [6.07, 6.45) is -0.556. The van der Waals surface area contributed by atoms with E-state index in [0.29, 0.717) is 32.6 Å². The minimum Gasteiger partial charge on any atom is -0.489 e. The molecule has 0 saturated heterocycles. The minimum atomic E-state index is -1.94. The van der Waals surface area contributed by atoms with Crippen LogP contribution in [0, 0.1) is 28.1 Å². The van der Waals surface area contributed by atoms with Gasteiger partial charge in [-0.15, -0.1) is 0 Å². The van der Waals surface area contributed by atoms with Crippen molar-refractivity contribution in [2.24, 2.45) is 5.41 Å². The van der Waals surface area contributed by atoms with Gasteiger partial charge in [-0.3, -0.25) is 9.59 Å². The highest BCUT2D eigenvalue weighted by Gasteiger charge is 2.72. The van der Waals surface area contributed by atoms with E-state index in [4.69, 9.17) is 27.9 Å². The number of Topliss-reactive ketones (excluding diaryl/α,β-unsaturated/α-hetero) is 1. The third-order valence-corrected chi connectivity index (χ3v) is 8.38. The first-order valence-corrected chi connectivity index (χ1v) is 12.8. The minimum absolute atomic E-state index is 0.0454. The molecule has 2 aliphatic heterocycles. The third-order valence-electron chi connectivity index (χ3n) is 7.88. The molecule has 6 nitrogen and oxygen atoms in total. The molecule has 2 heterocycles. The fraction of sp³-hybridized carbons (Fsp3) is 0.200. The zero-order chi connectivity index (χ0) is 26.7. The van der Waals surface area contributed by atoms with Crippen LogP contribution in [-0.2, 0) is 19.7 Å². The fourth-order valence-electron chi connectivity index (χ4n) is 6.24. The molecule has 6 rings (SSSR count). The Labute approximate surface area is 229 Å². The van der Waals surface area contributed by atoms with Crippen LogP contribution in [0.25, 0.3) is 0 Å². The van der Waals surface area contributed by atoms with Gasteiger partial charge in [0.15, 0.2) is 11.2 Å². The molecule has 3 atom stereocenters. The number of para-hydroxylation sites is 1. The second kappa shape index (κ2) is 8.74. The summed E-state index contributed by atoms with van der Waals surface area (Å²) < 4.78 is 6.49. The van der Waals surface area contributed by atoms with E-state index in [9.17, 15) is 20.1 Å². The number of ether oxygens (including phenoxy) is 1. The molecule has 0 radical (unpaired) electrons. The van der Waals surface area contributed by atoms with Crippen LogP contribution in [0.1, 0.15) is 41.6 Å². The van der Waals surface area contributed by atoms with Crippen molar-refractivity contribution in [3.63, 3.8) is 0 Å². The van der Waals surface area contributed by atoms with Crippen molar-refractivity contribution >= 4 is 40.6 Å². The van der Waals surface area contributed by atoms with Crippen molar-refractivity contribution in [3.05, 3.63) is 111 Å². The number of nitrogens with zero attached hydrogens (tertiary/aromatic N) is 2. The van der Waals surface area contributed by atoms with Gasteiger partial charge in [-0.1, -0.05) is 65.7 Å². The van der Waals surface area contributed by atoms with Crippen molar-refractivity contribution in [1.29, 1.82) is 10.5 Å². The maximum Gasteiger partial charge on any atom is 0.242 e. The molecule has 186 valence electrons. The lowest BCUT2D eigenvalue weighted by atomic mass is 9.47. The number of carbonyl (C=O) groups excluding carboxylic acids is 2. The van der Waals surface area contributed by atoms with Crippen LogP contribution in [-0.4, -0.2) is 11.7 Å². The Bertz CT molecular complexity index is 1600. The molecule has 0 saturated carbocycles. The summed E-state index contributed by atoms with van der Waals surface area (Å²) in [6, 6.07) is 25.2. The summed E-state index contributed by atoms with van der Waals surface area (Å²) in [5.41, 5.74) is -1.45. The van der Waals surface area contributed by atoms with Gasteiger partial charge in [0.2, 0.25) is 5.91 Å². The van der Waals surface area contributed by atoms with Crippen molar-refractivity contribution in [2.45, 2.75) is 30.3 Å².